The number of amides is 2. The van der Waals surface area contributed by atoms with Gasteiger partial charge in [-0.2, -0.15) is 5.10 Å². The Hall–Kier alpha value is -3.22. The van der Waals surface area contributed by atoms with E-state index in [1.54, 1.807) is 20.8 Å². The van der Waals surface area contributed by atoms with Gasteiger partial charge in [0.2, 0.25) is 0 Å². The van der Waals surface area contributed by atoms with Crippen molar-refractivity contribution >= 4 is 21.8 Å². The van der Waals surface area contributed by atoms with Crippen LogP contribution in [-0.2, 0) is 15.7 Å². The van der Waals surface area contributed by atoms with Gasteiger partial charge in [0, 0.05) is 31.0 Å². The highest BCUT2D eigenvalue weighted by atomic mass is 32.2. The molecule has 0 aliphatic carbocycles. The molecule has 0 spiro atoms. The summed E-state index contributed by atoms with van der Waals surface area (Å²) in [6.45, 7) is 5.31. The number of ether oxygens (including phenoxy) is 1. The lowest BCUT2D eigenvalue weighted by Gasteiger charge is -2.46. The molecule has 3 atom stereocenters. The van der Waals surface area contributed by atoms with Crippen molar-refractivity contribution in [2.45, 2.75) is 51.4 Å². The van der Waals surface area contributed by atoms with Crippen LogP contribution in [0.1, 0.15) is 37.6 Å². The van der Waals surface area contributed by atoms with Crippen molar-refractivity contribution in [3.05, 3.63) is 30.2 Å². The third kappa shape index (κ3) is 5.64. The minimum Gasteiger partial charge on any atom is -0.485 e. The van der Waals surface area contributed by atoms with E-state index < -0.39 is 45.6 Å². The van der Waals surface area contributed by atoms with Crippen molar-refractivity contribution in [3.8, 4) is 17.0 Å². The standard InChI is InChI=1S/C21H28FN5O6S/c1-21(2,3)18-17(22)15(5-6-27(18)20(29)30)33-16-9-24-14(7-13(16)19(23)28)12-8-25-26(10-12)11-34(4,31)32/h7-10,15,17-18H,5-6,11H2,1-4H3,(H2,23,28)(H,29,30)/t15-,17-,18?/m1/s1. The molecule has 2 aromatic heterocycles. The predicted octanol–water partition coefficient (Wildman–Crippen LogP) is 1.93. The van der Waals surface area contributed by atoms with Crippen molar-refractivity contribution in [3.63, 3.8) is 0 Å². The van der Waals surface area contributed by atoms with Crippen molar-refractivity contribution in [1.29, 1.82) is 0 Å². The molecule has 186 valence electrons. The number of sulfone groups is 1. The third-order valence-electron chi connectivity index (χ3n) is 5.49. The summed E-state index contributed by atoms with van der Waals surface area (Å²) in [6.07, 6.45) is 1.38. The number of hydrogen-bond acceptors (Lipinski definition) is 7. The van der Waals surface area contributed by atoms with Crippen LogP contribution < -0.4 is 10.5 Å². The highest BCUT2D eigenvalue weighted by molar-refractivity contribution is 7.89. The quantitative estimate of drug-likeness (QED) is 0.613. The van der Waals surface area contributed by atoms with Crippen LogP contribution in [0, 0.1) is 5.41 Å². The molecule has 0 aromatic carbocycles. The summed E-state index contributed by atoms with van der Waals surface area (Å²) in [5.41, 5.74) is 5.53. The van der Waals surface area contributed by atoms with E-state index in [4.69, 9.17) is 10.5 Å². The van der Waals surface area contributed by atoms with Gasteiger partial charge in [0.1, 0.15) is 12.0 Å². The van der Waals surface area contributed by atoms with Crippen LogP contribution in [0.3, 0.4) is 0 Å². The molecule has 3 N–H and O–H groups in total. The summed E-state index contributed by atoms with van der Waals surface area (Å²) in [5, 5.41) is 13.5. The zero-order valence-electron chi connectivity index (χ0n) is 19.3. The van der Waals surface area contributed by atoms with Gasteiger partial charge in [-0.15, -0.1) is 0 Å². The molecule has 2 amide bonds. The van der Waals surface area contributed by atoms with E-state index in [-0.39, 0.29) is 30.2 Å². The number of carboxylic acid groups (broad SMARTS) is 1. The number of piperidine rings is 1. The fraction of sp³-hybridized carbons (Fsp3) is 0.524. The smallest absolute Gasteiger partial charge is 0.407 e. The number of carbonyl (C=O) groups excluding carboxylic acids is 1. The molecular formula is C21H28FN5O6S. The number of halogens is 1. The van der Waals surface area contributed by atoms with Crippen LogP contribution in [-0.4, -0.2) is 76.3 Å². The first-order valence-electron chi connectivity index (χ1n) is 10.5. The van der Waals surface area contributed by atoms with Crippen LogP contribution >= 0.6 is 0 Å². The van der Waals surface area contributed by atoms with E-state index in [9.17, 15) is 23.1 Å². The van der Waals surface area contributed by atoms with E-state index in [0.29, 0.717) is 11.3 Å². The number of carbonyl (C=O) groups is 2. The number of hydrogen-bond donors (Lipinski definition) is 2. The molecule has 0 radical (unpaired) electrons. The van der Waals surface area contributed by atoms with Crippen LogP contribution in [0.25, 0.3) is 11.3 Å². The molecule has 11 nitrogen and oxygen atoms in total. The molecule has 0 saturated carbocycles. The first-order valence-corrected chi connectivity index (χ1v) is 12.5. The molecule has 1 aliphatic heterocycles. The molecule has 3 rings (SSSR count). The predicted molar refractivity (Wildman–Crippen MR) is 121 cm³/mol. The molecule has 3 heterocycles. The molecule has 0 bridgehead atoms. The van der Waals surface area contributed by atoms with Crippen molar-refractivity contribution in [1.82, 2.24) is 19.7 Å². The Morgan fingerprint density at radius 3 is 2.56 bits per heavy atom. The SMILES string of the molecule is CC(C)(C)C1[C@H](F)[C@H](Oc2cnc(-c3cnn(CS(C)(=O)=O)c3)cc2C(N)=O)CCN1C(=O)O. The molecule has 1 aliphatic rings. The number of alkyl halides is 1. The Morgan fingerprint density at radius 2 is 2.00 bits per heavy atom. The maximum Gasteiger partial charge on any atom is 0.407 e. The second-order valence-corrected chi connectivity index (χ2v) is 11.5. The topological polar surface area (TPSA) is 158 Å². The van der Waals surface area contributed by atoms with E-state index in [1.807, 2.05) is 0 Å². The molecule has 2 aromatic rings. The van der Waals surface area contributed by atoms with Crippen molar-refractivity contribution < 1.29 is 32.2 Å². The molecule has 1 fully saturated rings. The number of rotatable bonds is 6. The van der Waals surface area contributed by atoms with Gasteiger partial charge in [-0.1, -0.05) is 20.8 Å². The number of likely N-dealkylation sites (tertiary alicyclic amines) is 1. The van der Waals surface area contributed by atoms with Crippen molar-refractivity contribution in [2.75, 3.05) is 12.8 Å². The van der Waals surface area contributed by atoms with E-state index in [0.717, 1.165) is 11.2 Å². The highest BCUT2D eigenvalue weighted by Gasteiger charge is 2.47. The number of aromatic nitrogens is 3. The molecule has 1 saturated heterocycles. The van der Waals surface area contributed by atoms with Crippen LogP contribution in [0.15, 0.2) is 24.7 Å². The second-order valence-electron chi connectivity index (χ2n) is 9.43. The lowest BCUT2D eigenvalue weighted by molar-refractivity contribution is -0.0515. The number of primary amides is 1. The largest absolute Gasteiger partial charge is 0.485 e. The Morgan fingerprint density at radius 1 is 1.32 bits per heavy atom. The van der Waals surface area contributed by atoms with Gasteiger partial charge in [0.25, 0.3) is 5.91 Å². The summed E-state index contributed by atoms with van der Waals surface area (Å²) >= 11 is 0. The monoisotopic (exact) mass is 497 g/mol. The summed E-state index contributed by atoms with van der Waals surface area (Å²) in [4.78, 5) is 29.1. The highest BCUT2D eigenvalue weighted by Crippen LogP contribution is 2.36. The number of nitrogens with two attached hydrogens (primary N) is 1. The normalized spacial score (nSPS) is 21.3. The van der Waals surface area contributed by atoms with Crippen LogP contribution in [0.5, 0.6) is 5.75 Å². The van der Waals surface area contributed by atoms with Gasteiger partial charge < -0.3 is 20.5 Å². The fourth-order valence-electron chi connectivity index (χ4n) is 4.08. The summed E-state index contributed by atoms with van der Waals surface area (Å²) in [7, 11) is -3.31. The Bertz CT molecular complexity index is 1190. The first-order chi connectivity index (χ1) is 15.7. The van der Waals surface area contributed by atoms with Gasteiger partial charge in [0.15, 0.2) is 21.8 Å². The maximum absolute atomic E-state index is 15.5. The lowest BCUT2D eigenvalue weighted by atomic mass is 9.78. The van der Waals surface area contributed by atoms with Crippen molar-refractivity contribution in [2.24, 2.45) is 11.1 Å². The van der Waals surface area contributed by atoms with Crippen LogP contribution in [0.4, 0.5) is 9.18 Å². The zero-order valence-corrected chi connectivity index (χ0v) is 20.1. The fourth-order valence-corrected chi connectivity index (χ4v) is 4.70. The first kappa shape index (κ1) is 25.4. The summed E-state index contributed by atoms with van der Waals surface area (Å²) in [5.74, 6) is -1.17. The van der Waals surface area contributed by atoms with Gasteiger partial charge in [-0.25, -0.2) is 17.6 Å². The zero-order chi connectivity index (χ0) is 25.4. The van der Waals surface area contributed by atoms with E-state index in [1.165, 1.54) is 29.3 Å². The Kier molecular flexibility index (Phi) is 6.87. The Balaban J connectivity index is 1.88. The number of pyridine rings is 1. The average Bonchev–Trinajstić information content (AvgIpc) is 3.14. The Labute approximate surface area is 196 Å². The summed E-state index contributed by atoms with van der Waals surface area (Å²) in [6, 6.07) is 0.411. The number of nitrogens with zero attached hydrogens (tertiary/aromatic N) is 4. The van der Waals surface area contributed by atoms with E-state index in [2.05, 4.69) is 10.1 Å². The van der Waals surface area contributed by atoms with Gasteiger partial charge >= 0.3 is 6.09 Å². The maximum atomic E-state index is 15.5. The molecular weight excluding hydrogens is 469 g/mol. The lowest BCUT2D eigenvalue weighted by Crippen LogP contribution is -2.60. The van der Waals surface area contributed by atoms with Gasteiger partial charge in [0.05, 0.1) is 29.7 Å². The average molecular weight is 498 g/mol. The van der Waals surface area contributed by atoms with Gasteiger partial charge in [-0.3, -0.25) is 14.5 Å². The molecule has 1 unspecified atom stereocenters. The van der Waals surface area contributed by atoms with Gasteiger partial charge in [-0.05, 0) is 11.5 Å². The molecule has 34 heavy (non-hydrogen) atoms. The summed E-state index contributed by atoms with van der Waals surface area (Å²) < 4.78 is 45.5. The third-order valence-corrected chi connectivity index (χ3v) is 6.22. The second kappa shape index (κ2) is 9.20. The van der Waals surface area contributed by atoms with E-state index >= 15 is 4.39 Å². The minimum atomic E-state index is -3.31. The minimum absolute atomic E-state index is 0.0242. The molecule has 13 heteroatoms. The van der Waals surface area contributed by atoms with Crippen LogP contribution in [0.2, 0.25) is 0 Å².